The molecule has 1 aliphatic rings. The van der Waals surface area contributed by atoms with Crippen LogP contribution >= 0.6 is 11.6 Å². The van der Waals surface area contributed by atoms with Gasteiger partial charge in [0.2, 0.25) is 0 Å². The normalized spacial score (nSPS) is 22.1. The van der Waals surface area contributed by atoms with Crippen molar-refractivity contribution >= 4 is 17.4 Å². The summed E-state index contributed by atoms with van der Waals surface area (Å²) in [7, 11) is 0. The molecule has 1 N–H and O–H groups in total. The molecule has 0 saturated carbocycles. The maximum absolute atomic E-state index is 9.37. The zero-order valence-corrected chi connectivity index (χ0v) is 13.0. The molecule has 20 heavy (non-hydrogen) atoms. The van der Waals surface area contributed by atoms with Gasteiger partial charge in [0.15, 0.2) is 0 Å². The number of anilines is 1. The molecule has 6 heteroatoms. The number of aromatic nitrogens is 2. The molecule has 0 bridgehead atoms. The van der Waals surface area contributed by atoms with Gasteiger partial charge in [0, 0.05) is 25.6 Å². The van der Waals surface area contributed by atoms with Crippen molar-refractivity contribution in [2.75, 3.05) is 24.6 Å². The molecule has 112 valence electrons. The van der Waals surface area contributed by atoms with Crippen molar-refractivity contribution < 1.29 is 9.84 Å². The lowest BCUT2D eigenvalue weighted by Gasteiger charge is -2.42. The van der Waals surface area contributed by atoms with Crippen molar-refractivity contribution in [3.63, 3.8) is 0 Å². The molecule has 0 spiro atoms. The fourth-order valence-electron chi connectivity index (χ4n) is 2.51. The van der Waals surface area contributed by atoms with Crippen LogP contribution in [0, 0.1) is 0 Å². The van der Waals surface area contributed by atoms with Crippen LogP contribution in [0.2, 0.25) is 5.15 Å². The number of halogens is 1. The molecule has 0 aromatic carbocycles. The first-order valence-corrected chi connectivity index (χ1v) is 7.38. The van der Waals surface area contributed by atoms with Crippen LogP contribution in [-0.2, 0) is 11.2 Å². The molecule has 1 fully saturated rings. The lowest BCUT2D eigenvalue weighted by atomic mass is 10.1. The third kappa shape index (κ3) is 3.81. The molecule has 0 aliphatic carbocycles. The average Bonchev–Trinajstić information content (AvgIpc) is 2.36. The van der Waals surface area contributed by atoms with E-state index in [0.717, 1.165) is 24.5 Å². The van der Waals surface area contributed by atoms with Gasteiger partial charge in [-0.05, 0) is 20.3 Å². The van der Waals surface area contributed by atoms with Crippen LogP contribution in [0.15, 0.2) is 6.07 Å². The van der Waals surface area contributed by atoms with Gasteiger partial charge in [-0.2, -0.15) is 0 Å². The maximum Gasteiger partial charge on any atom is 0.134 e. The number of aliphatic hydroxyl groups is 1. The third-order valence-corrected chi connectivity index (χ3v) is 3.40. The summed E-state index contributed by atoms with van der Waals surface area (Å²) >= 11 is 6.09. The fourth-order valence-corrected chi connectivity index (χ4v) is 2.71. The highest BCUT2D eigenvalue weighted by atomic mass is 35.5. The molecule has 1 aromatic rings. The monoisotopic (exact) mass is 299 g/mol. The van der Waals surface area contributed by atoms with E-state index in [1.54, 1.807) is 6.07 Å². The molecule has 1 aromatic heterocycles. The van der Waals surface area contributed by atoms with E-state index in [2.05, 4.69) is 21.8 Å². The predicted molar refractivity (Wildman–Crippen MR) is 79.3 cm³/mol. The van der Waals surface area contributed by atoms with Crippen molar-refractivity contribution in [3.8, 4) is 0 Å². The van der Waals surface area contributed by atoms with E-state index in [4.69, 9.17) is 16.3 Å². The van der Waals surface area contributed by atoms with Gasteiger partial charge in [0.1, 0.15) is 16.8 Å². The van der Waals surface area contributed by atoms with Crippen LogP contribution in [0.4, 0.5) is 5.82 Å². The minimum atomic E-state index is -0.325. The van der Waals surface area contributed by atoms with Crippen molar-refractivity contribution in [1.82, 2.24) is 9.97 Å². The second-order valence-corrected chi connectivity index (χ2v) is 6.16. The Balaban J connectivity index is 2.25. The summed E-state index contributed by atoms with van der Waals surface area (Å²) in [6.07, 6.45) is 1.58. The van der Waals surface area contributed by atoms with Crippen LogP contribution in [0.1, 0.15) is 33.0 Å². The Kier molecular flexibility index (Phi) is 4.83. The second-order valence-electron chi connectivity index (χ2n) is 5.78. The zero-order chi connectivity index (χ0) is 14.8. The first-order chi connectivity index (χ1) is 9.43. The van der Waals surface area contributed by atoms with Gasteiger partial charge >= 0.3 is 0 Å². The summed E-state index contributed by atoms with van der Waals surface area (Å²) in [4.78, 5) is 10.9. The van der Waals surface area contributed by atoms with E-state index in [0.29, 0.717) is 18.2 Å². The van der Waals surface area contributed by atoms with Crippen LogP contribution in [-0.4, -0.2) is 46.5 Å². The van der Waals surface area contributed by atoms with E-state index in [-0.39, 0.29) is 18.3 Å². The Morgan fingerprint density at radius 1 is 1.50 bits per heavy atom. The predicted octanol–water partition coefficient (Wildman–Crippen LogP) is 2.06. The molecule has 1 atom stereocenters. The van der Waals surface area contributed by atoms with Gasteiger partial charge < -0.3 is 14.7 Å². The number of hydrogen-bond donors (Lipinski definition) is 1. The minimum absolute atomic E-state index is 0.000558. The van der Waals surface area contributed by atoms with Crippen molar-refractivity contribution in [2.45, 2.75) is 45.3 Å². The van der Waals surface area contributed by atoms with Crippen molar-refractivity contribution in [1.29, 1.82) is 0 Å². The van der Waals surface area contributed by atoms with Gasteiger partial charge in [0.05, 0.1) is 18.3 Å². The Hall–Kier alpha value is -0.910. The molecule has 1 aliphatic heterocycles. The summed E-state index contributed by atoms with van der Waals surface area (Å²) < 4.78 is 5.81. The molecule has 0 amide bonds. The fraction of sp³-hybridized carbons (Fsp3) is 0.714. The molecule has 2 rings (SSSR count). The first kappa shape index (κ1) is 15.5. The highest BCUT2D eigenvalue weighted by Gasteiger charge is 2.33. The first-order valence-electron chi connectivity index (χ1n) is 7.00. The zero-order valence-electron chi connectivity index (χ0n) is 12.3. The van der Waals surface area contributed by atoms with E-state index in [1.165, 1.54) is 0 Å². The highest BCUT2D eigenvalue weighted by Crippen LogP contribution is 2.26. The number of hydrogen-bond acceptors (Lipinski definition) is 5. The number of nitrogens with zero attached hydrogens (tertiary/aromatic N) is 3. The maximum atomic E-state index is 9.37. The van der Waals surface area contributed by atoms with Gasteiger partial charge in [-0.1, -0.05) is 18.5 Å². The SMILES string of the molecule is CCCc1nc(Cl)cc(N2CC(CO)OC(C)(C)C2)n1. The topological polar surface area (TPSA) is 58.5 Å². The van der Waals surface area contributed by atoms with Crippen LogP contribution in [0.3, 0.4) is 0 Å². The minimum Gasteiger partial charge on any atom is -0.394 e. The van der Waals surface area contributed by atoms with Crippen LogP contribution in [0.5, 0.6) is 0 Å². The third-order valence-electron chi connectivity index (χ3n) is 3.21. The molecule has 1 unspecified atom stereocenters. The Bertz CT molecular complexity index is 468. The number of morpholine rings is 1. The number of ether oxygens (including phenoxy) is 1. The van der Waals surface area contributed by atoms with Crippen LogP contribution in [0.25, 0.3) is 0 Å². The lowest BCUT2D eigenvalue weighted by Crippen LogP contribution is -2.54. The smallest absolute Gasteiger partial charge is 0.134 e. The summed E-state index contributed by atoms with van der Waals surface area (Å²) in [6, 6.07) is 1.77. The summed E-state index contributed by atoms with van der Waals surface area (Å²) in [5, 5.41) is 9.83. The molecular formula is C14H22ClN3O2. The van der Waals surface area contributed by atoms with Crippen molar-refractivity contribution in [2.24, 2.45) is 0 Å². The highest BCUT2D eigenvalue weighted by molar-refractivity contribution is 6.29. The lowest BCUT2D eigenvalue weighted by molar-refractivity contribution is -0.101. The molecule has 0 radical (unpaired) electrons. The van der Waals surface area contributed by atoms with Gasteiger partial charge in [-0.3, -0.25) is 0 Å². The largest absolute Gasteiger partial charge is 0.394 e. The standard InChI is InChI=1S/C14H22ClN3O2/c1-4-5-12-16-11(15)6-13(17-12)18-7-10(8-19)20-14(2,3)9-18/h6,10,19H,4-5,7-9H2,1-3H3. The summed E-state index contributed by atoms with van der Waals surface area (Å²) in [6.45, 7) is 7.43. The van der Waals surface area contributed by atoms with Gasteiger partial charge in [-0.25, -0.2) is 9.97 Å². The Labute approximate surface area is 124 Å². The van der Waals surface area contributed by atoms with Crippen molar-refractivity contribution in [3.05, 3.63) is 17.0 Å². The Morgan fingerprint density at radius 2 is 2.25 bits per heavy atom. The summed E-state index contributed by atoms with van der Waals surface area (Å²) in [5.74, 6) is 1.57. The molecular weight excluding hydrogens is 278 g/mol. The quantitative estimate of drug-likeness (QED) is 0.863. The van der Waals surface area contributed by atoms with Gasteiger partial charge in [0.25, 0.3) is 0 Å². The van der Waals surface area contributed by atoms with Gasteiger partial charge in [-0.15, -0.1) is 0 Å². The van der Waals surface area contributed by atoms with Crippen LogP contribution < -0.4 is 4.90 Å². The van der Waals surface area contributed by atoms with E-state index in [9.17, 15) is 5.11 Å². The Morgan fingerprint density at radius 3 is 2.90 bits per heavy atom. The molecule has 5 nitrogen and oxygen atoms in total. The van der Waals surface area contributed by atoms with E-state index in [1.807, 2.05) is 13.8 Å². The molecule has 2 heterocycles. The number of rotatable bonds is 4. The summed E-state index contributed by atoms with van der Waals surface area (Å²) in [5.41, 5.74) is -0.325. The number of aliphatic hydroxyl groups excluding tert-OH is 1. The number of aryl methyl sites for hydroxylation is 1. The molecule has 1 saturated heterocycles. The average molecular weight is 300 g/mol. The van der Waals surface area contributed by atoms with E-state index < -0.39 is 0 Å². The van der Waals surface area contributed by atoms with E-state index >= 15 is 0 Å². The second kappa shape index (κ2) is 6.24.